The molecule has 4 nitrogen and oxygen atoms in total. The van der Waals surface area contributed by atoms with Crippen LogP contribution in [0.1, 0.15) is 31.2 Å². The SMILES string of the molecule is CC(NC(=O)C(c1ccc(F)cc1)C1CC1)C(=O)Nc1ccccc1F. The first-order chi connectivity index (χ1) is 12.5. The summed E-state index contributed by atoms with van der Waals surface area (Å²) in [6, 6.07) is 10.9. The first kappa shape index (κ1) is 18.0. The van der Waals surface area contributed by atoms with E-state index < -0.39 is 23.7 Å². The molecule has 0 spiro atoms. The van der Waals surface area contributed by atoms with Gasteiger partial charge in [0.15, 0.2) is 0 Å². The number of hydrogen-bond donors (Lipinski definition) is 2. The molecule has 1 aliphatic rings. The molecule has 2 aromatic rings. The van der Waals surface area contributed by atoms with Crippen molar-refractivity contribution in [3.63, 3.8) is 0 Å². The first-order valence-electron chi connectivity index (χ1n) is 8.57. The van der Waals surface area contributed by atoms with Gasteiger partial charge in [0.25, 0.3) is 0 Å². The van der Waals surface area contributed by atoms with Crippen molar-refractivity contribution >= 4 is 17.5 Å². The van der Waals surface area contributed by atoms with Crippen molar-refractivity contribution in [3.05, 3.63) is 65.7 Å². The third kappa shape index (κ3) is 4.25. The van der Waals surface area contributed by atoms with E-state index in [1.807, 2.05) is 0 Å². The van der Waals surface area contributed by atoms with Crippen molar-refractivity contribution < 1.29 is 18.4 Å². The van der Waals surface area contributed by atoms with Crippen LogP contribution in [-0.4, -0.2) is 17.9 Å². The van der Waals surface area contributed by atoms with Crippen molar-refractivity contribution in [3.8, 4) is 0 Å². The number of amides is 2. The summed E-state index contributed by atoms with van der Waals surface area (Å²) in [4.78, 5) is 24.9. The van der Waals surface area contributed by atoms with E-state index in [1.165, 1.54) is 30.3 Å². The maximum Gasteiger partial charge on any atom is 0.246 e. The Kier molecular flexibility index (Phi) is 5.30. The van der Waals surface area contributed by atoms with Gasteiger partial charge < -0.3 is 10.6 Å². The van der Waals surface area contributed by atoms with Gasteiger partial charge in [-0.15, -0.1) is 0 Å². The molecule has 26 heavy (non-hydrogen) atoms. The normalized spacial score (nSPS) is 15.8. The molecule has 0 heterocycles. The Morgan fingerprint density at radius 2 is 1.65 bits per heavy atom. The number of anilines is 1. The van der Waals surface area contributed by atoms with Crippen LogP contribution in [-0.2, 0) is 9.59 Å². The Morgan fingerprint density at radius 3 is 2.27 bits per heavy atom. The molecular weight excluding hydrogens is 338 g/mol. The van der Waals surface area contributed by atoms with E-state index >= 15 is 0 Å². The van der Waals surface area contributed by atoms with Crippen molar-refractivity contribution in [1.82, 2.24) is 5.32 Å². The van der Waals surface area contributed by atoms with E-state index in [0.717, 1.165) is 18.4 Å². The Morgan fingerprint density at radius 1 is 1.00 bits per heavy atom. The van der Waals surface area contributed by atoms with E-state index in [9.17, 15) is 18.4 Å². The standard InChI is InChI=1S/C20H20F2N2O2/c1-12(19(25)24-17-5-3-2-4-16(17)22)23-20(26)18(13-6-7-13)14-8-10-15(21)11-9-14/h2-5,8-13,18H,6-7H2,1H3,(H,23,26)(H,24,25). The molecule has 0 radical (unpaired) electrons. The quantitative estimate of drug-likeness (QED) is 0.829. The molecule has 6 heteroatoms. The fraction of sp³-hybridized carbons (Fsp3) is 0.300. The second-order valence-corrected chi connectivity index (χ2v) is 6.57. The Labute approximate surface area is 150 Å². The molecule has 3 rings (SSSR count). The van der Waals surface area contributed by atoms with Gasteiger partial charge in [0.05, 0.1) is 11.6 Å². The summed E-state index contributed by atoms with van der Waals surface area (Å²) in [5.41, 5.74) is 0.795. The number of nitrogens with one attached hydrogen (secondary N) is 2. The molecule has 2 unspecified atom stereocenters. The summed E-state index contributed by atoms with van der Waals surface area (Å²) in [5.74, 6) is -1.91. The van der Waals surface area contributed by atoms with Crippen molar-refractivity contribution in [2.24, 2.45) is 5.92 Å². The molecule has 2 aromatic carbocycles. The van der Waals surface area contributed by atoms with Gasteiger partial charge in [-0.25, -0.2) is 8.78 Å². The minimum Gasteiger partial charge on any atom is -0.344 e. The highest BCUT2D eigenvalue weighted by molar-refractivity contribution is 5.98. The third-order valence-corrected chi connectivity index (χ3v) is 4.49. The van der Waals surface area contributed by atoms with Gasteiger partial charge in [0.2, 0.25) is 11.8 Å². The van der Waals surface area contributed by atoms with E-state index in [0.29, 0.717) is 0 Å². The van der Waals surface area contributed by atoms with Gasteiger partial charge in [-0.2, -0.15) is 0 Å². The average Bonchev–Trinajstić information content (AvgIpc) is 3.43. The highest BCUT2D eigenvalue weighted by Crippen LogP contribution is 2.42. The number of hydrogen-bond acceptors (Lipinski definition) is 2. The van der Waals surface area contributed by atoms with Crippen LogP contribution in [0.3, 0.4) is 0 Å². The molecule has 2 N–H and O–H groups in total. The number of benzene rings is 2. The molecule has 0 saturated heterocycles. The highest BCUT2D eigenvalue weighted by Gasteiger charge is 2.38. The monoisotopic (exact) mass is 358 g/mol. The molecule has 1 fully saturated rings. The Bertz CT molecular complexity index is 804. The second-order valence-electron chi connectivity index (χ2n) is 6.57. The minimum absolute atomic E-state index is 0.0656. The highest BCUT2D eigenvalue weighted by atomic mass is 19.1. The zero-order chi connectivity index (χ0) is 18.7. The lowest BCUT2D eigenvalue weighted by Gasteiger charge is -2.20. The van der Waals surface area contributed by atoms with Gasteiger partial charge in [0.1, 0.15) is 17.7 Å². The molecule has 2 amide bonds. The molecular formula is C20H20F2N2O2. The maximum atomic E-state index is 13.6. The lowest BCUT2D eigenvalue weighted by atomic mass is 9.93. The van der Waals surface area contributed by atoms with Crippen LogP contribution < -0.4 is 10.6 Å². The average molecular weight is 358 g/mol. The van der Waals surface area contributed by atoms with E-state index in [4.69, 9.17) is 0 Å². The van der Waals surface area contributed by atoms with E-state index in [1.54, 1.807) is 25.1 Å². The predicted octanol–water partition coefficient (Wildman–Crippen LogP) is 3.60. The van der Waals surface area contributed by atoms with Crippen LogP contribution in [0, 0.1) is 17.6 Å². The zero-order valence-electron chi connectivity index (χ0n) is 14.3. The summed E-state index contributed by atoms with van der Waals surface area (Å²) >= 11 is 0. The summed E-state index contributed by atoms with van der Waals surface area (Å²) < 4.78 is 26.8. The summed E-state index contributed by atoms with van der Waals surface area (Å²) in [6.07, 6.45) is 1.84. The lowest BCUT2D eigenvalue weighted by molar-refractivity contribution is -0.127. The van der Waals surface area contributed by atoms with E-state index in [2.05, 4.69) is 10.6 Å². The maximum absolute atomic E-state index is 13.6. The third-order valence-electron chi connectivity index (χ3n) is 4.49. The number of halogens is 2. The molecule has 0 aliphatic heterocycles. The van der Waals surface area contributed by atoms with Gasteiger partial charge in [-0.3, -0.25) is 9.59 Å². The molecule has 0 aromatic heterocycles. The molecule has 1 saturated carbocycles. The van der Waals surface area contributed by atoms with Crippen LogP contribution in [0.5, 0.6) is 0 Å². The van der Waals surface area contributed by atoms with Crippen LogP contribution in [0.15, 0.2) is 48.5 Å². The number of carbonyl (C=O) groups excluding carboxylic acids is 2. The largest absolute Gasteiger partial charge is 0.344 e. The van der Waals surface area contributed by atoms with Crippen LogP contribution >= 0.6 is 0 Å². The topological polar surface area (TPSA) is 58.2 Å². The number of carbonyl (C=O) groups is 2. The first-order valence-corrected chi connectivity index (χ1v) is 8.57. The molecule has 136 valence electrons. The van der Waals surface area contributed by atoms with Crippen LogP contribution in [0.2, 0.25) is 0 Å². The van der Waals surface area contributed by atoms with Crippen LogP contribution in [0.25, 0.3) is 0 Å². The van der Waals surface area contributed by atoms with Crippen LogP contribution in [0.4, 0.5) is 14.5 Å². The fourth-order valence-electron chi connectivity index (χ4n) is 2.91. The minimum atomic E-state index is -0.830. The Balaban J connectivity index is 1.66. The lowest BCUT2D eigenvalue weighted by Crippen LogP contribution is -2.44. The van der Waals surface area contributed by atoms with Crippen molar-refractivity contribution in [2.75, 3.05) is 5.32 Å². The van der Waals surface area contributed by atoms with E-state index in [-0.39, 0.29) is 23.3 Å². The molecule has 1 aliphatic carbocycles. The molecule has 2 atom stereocenters. The van der Waals surface area contributed by atoms with Crippen molar-refractivity contribution in [1.29, 1.82) is 0 Å². The van der Waals surface area contributed by atoms with Gasteiger partial charge >= 0.3 is 0 Å². The fourth-order valence-corrected chi connectivity index (χ4v) is 2.91. The second kappa shape index (κ2) is 7.64. The van der Waals surface area contributed by atoms with Gasteiger partial charge in [0, 0.05) is 0 Å². The number of para-hydroxylation sites is 1. The summed E-state index contributed by atoms with van der Waals surface area (Å²) in [6.45, 7) is 1.54. The Hall–Kier alpha value is -2.76. The van der Waals surface area contributed by atoms with Gasteiger partial charge in [-0.1, -0.05) is 24.3 Å². The number of rotatable bonds is 6. The predicted molar refractivity (Wildman–Crippen MR) is 94.5 cm³/mol. The van der Waals surface area contributed by atoms with Gasteiger partial charge in [-0.05, 0) is 55.5 Å². The summed E-state index contributed by atoms with van der Waals surface area (Å²) in [7, 11) is 0. The smallest absolute Gasteiger partial charge is 0.246 e. The van der Waals surface area contributed by atoms with Crippen molar-refractivity contribution in [2.45, 2.75) is 31.7 Å². The zero-order valence-corrected chi connectivity index (χ0v) is 14.3. The summed E-state index contributed by atoms with van der Waals surface area (Å²) in [5, 5.41) is 5.15. The molecule has 0 bridgehead atoms.